The SMILES string of the molecule is CCOc1cc(/C=C(/C#N)C(=O)NC(N)=O)cc(Cl)c1OCc1cccc2ccccc12. The highest BCUT2D eigenvalue weighted by Crippen LogP contribution is 2.38. The van der Waals surface area contributed by atoms with Crippen molar-refractivity contribution in [3.05, 3.63) is 76.3 Å². The number of benzene rings is 3. The minimum absolute atomic E-state index is 0.245. The number of nitrogens with zero attached hydrogens (tertiary/aromatic N) is 1. The van der Waals surface area contributed by atoms with Crippen molar-refractivity contribution in [2.24, 2.45) is 5.73 Å². The van der Waals surface area contributed by atoms with Crippen molar-refractivity contribution in [2.75, 3.05) is 6.61 Å². The lowest BCUT2D eigenvalue weighted by Gasteiger charge is -2.15. The summed E-state index contributed by atoms with van der Waals surface area (Å²) in [7, 11) is 0. The number of hydrogen-bond donors (Lipinski definition) is 2. The van der Waals surface area contributed by atoms with Crippen LogP contribution in [0.1, 0.15) is 18.1 Å². The van der Waals surface area contributed by atoms with E-state index in [1.165, 1.54) is 12.1 Å². The summed E-state index contributed by atoms with van der Waals surface area (Å²) in [5.74, 6) is -0.205. The van der Waals surface area contributed by atoms with Crippen LogP contribution in [0.25, 0.3) is 16.8 Å². The first-order chi connectivity index (χ1) is 15.4. The normalized spacial score (nSPS) is 11.0. The molecule has 0 saturated heterocycles. The summed E-state index contributed by atoms with van der Waals surface area (Å²) in [6.07, 6.45) is 1.28. The van der Waals surface area contributed by atoms with Crippen molar-refractivity contribution in [3.63, 3.8) is 0 Å². The van der Waals surface area contributed by atoms with Gasteiger partial charge in [-0.05, 0) is 47.0 Å². The van der Waals surface area contributed by atoms with Gasteiger partial charge in [0.1, 0.15) is 18.2 Å². The highest BCUT2D eigenvalue weighted by atomic mass is 35.5. The fourth-order valence-corrected chi connectivity index (χ4v) is 3.41. The number of fused-ring (bicyclic) bond motifs is 1. The molecular weight excluding hydrogens is 430 g/mol. The molecule has 3 amide bonds. The Kier molecular flexibility index (Phi) is 7.32. The molecule has 0 saturated carbocycles. The van der Waals surface area contributed by atoms with Gasteiger partial charge in [-0.25, -0.2) is 4.79 Å². The van der Waals surface area contributed by atoms with Gasteiger partial charge in [0.15, 0.2) is 11.5 Å². The first-order valence-electron chi connectivity index (χ1n) is 9.71. The number of primary amides is 1. The van der Waals surface area contributed by atoms with Gasteiger partial charge in [0.25, 0.3) is 5.91 Å². The minimum Gasteiger partial charge on any atom is -0.490 e. The lowest BCUT2D eigenvalue weighted by atomic mass is 10.1. The first kappa shape index (κ1) is 22.7. The molecule has 0 radical (unpaired) electrons. The largest absolute Gasteiger partial charge is 0.490 e. The molecule has 0 aliphatic carbocycles. The molecule has 0 aliphatic heterocycles. The van der Waals surface area contributed by atoms with Crippen LogP contribution >= 0.6 is 11.6 Å². The molecule has 0 fully saturated rings. The number of hydrogen-bond acceptors (Lipinski definition) is 5. The van der Waals surface area contributed by atoms with E-state index in [0.29, 0.717) is 23.7 Å². The zero-order valence-corrected chi connectivity index (χ0v) is 18.0. The quantitative estimate of drug-likeness (QED) is 0.405. The van der Waals surface area contributed by atoms with Crippen LogP contribution in [-0.4, -0.2) is 18.5 Å². The van der Waals surface area contributed by atoms with Crippen molar-refractivity contribution in [1.29, 1.82) is 5.26 Å². The molecule has 3 rings (SSSR count). The van der Waals surface area contributed by atoms with E-state index >= 15 is 0 Å². The second-order valence-electron chi connectivity index (χ2n) is 6.68. The van der Waals surface area contributed by atoms with E-state index in [4.69, 9.17) is 26.8 Å². The summed E-state index contributed by atoms with van der Waals surface area (Å²) >= 11 is 6.45. The highest BCUT2D eigenvalue weighted by Gasteiger charge is 2.16. The number of urea groups is 1. The number of imide groups is 1. The van der Waals surface area contributed by atoms with E-state index in [0.717, 1.165) is 16.3 Å². The maximum absolute atomic E-state index is 11.9. The molecule has 3 aromatic rings. The van der Waals surface area contributed by atoms with Gasteiger partial charge in [0.05, 0.1) is 11.6 Å². The Balaban J connectivity index is 1.92. The van der Waals surface area contributed by atoms with Crippen LogP contribution in [0.4, 0.5) is 4.79 Å². The summed E-state index contributed by atoms with van der Waals surface area (Å²) in [5, 5.41) is 13.5. The van der Waals surface area contributed by atoms with E-state index in [9.17, 15) is 14.9 Å². The van der Waals surface area contributed by atoms with E-state index in [1.807, 2.05) is 54.7 Å². The molecule has 3 N–H and O–H groups in total. The lowest BCUT2D eigenvalue weighted by molar-refractivity contribution is -0.115. The minimum atomic E-state index is -1.05. The highest BCUT2D eigenvalue weighted by molar-refractivity contribution is 6.32. The van der Waals surface area contributed by atoms with Crippen LogP contribution in [0.2, 0.25) is 5.02 Å². The second kappa shape index (κ2) is 10.3. The maximum Gasteiger partial charge on any atom is 0.319 e. The molecular formula is C24H20ClN3O4. The summed E-state index contributed by atoms with van der Waals surface area (Å²) < 4.78 is 11.7. The smallest absolute Gasteiger partial charge is 0.319 e. The summed E-state index contributed by atoms with van der Waals surface area (Å²) in [5.41, 5.74) is 6.03. The Bertz CT molecular complexity index is 1240. The Hall–Kier alpha value is -4.02. The molecule has 0 spiro atoms. The summed E-state index contributed by atoms with van der Waals surface area (Å²) in [6.45, 7) is 2.42. The van der Waals surface area contributed by atoms with Gasteiger partial charge in [-0.15, -0.1) is 0 Å². The molecule has 3 aromatic carbocycles. The van der Waals surface area contributed by atoms with Gasteiger partial charge in [0.2, 0.25) is 0 Å². The first-order valence-corrected chi connectivity index (χ1v) is 10.1. The number of nitrogens with one attached hydrogen (secondary N) is 1. The van der Waals surface area contributed by atoms with Crippen molar-refractivity contribution >= 4 is 40.4 Å². The maximum atomic E-state index is 11.9. The second-order valence-corrected chi connectivity index (χ2v) is 7.09. The monoisotopic (exact) mass is 449 g/mol. The van der Waals surface area contributed by atoms with Crippen LogP contribution in [-0.2, 0) is 11.4 Å². The van der Waals surface area contributed by atoms with E-state index in [-0.39, 0.29) is 17.2 Å². The van der Waals surface area contributed by atoms with Crippen molar-refractivity contribution in [3.8, 4) is 17.6 Å². The number of halogens is 1. The number of carbonyl (C=O) groups is 2. The number of ether oxygens (including phenoxy) is 2. The van der Waals surface area contributed by atoms with Gasteiger partial charge in [-0.3, -0.25) is 10.1 Å². The van der Waals surface area contributed by atoms with Crippen LogP contribution in [0.5, 0.6) is 11.5 Å². The summed E-state index contributed by atoms with van der Waals surface area (Å²) in [6, 6.07) is 17.8. The van der Waals surface area contributed by atoms with E-state index in [2.05, 4.69) is 0 Å². The van der Waals surface area contributed by atoms with Crippen molar-refractivity contribution in [1.82, 2.24) is 5.32 Å². The van der Waals surface area contributed by atoms with Gasteiger partial charge in [0, 0.05) is 0 Å². The predicted molar refractivity (Wildman–Crippen MR) is 122 cm³/mol. The van der Waals surface area contributed by atoms with E-state index in [1.54, 1.807) is 12.1 Å². The number of amides is 3. The zero-order valence-electron chi connectivity index (χ0n) is 17.2. The lowest BCUT2D eigenvalue weighted by Crippen LogP contribution is -2.35. The Morgan fingerprint density at radius 1 is 1.16 bits per heavy atom. The molecule has 0 bridgehead atoms. The van der Waals surface area contributed by atoms with Crippen molar-refractivity contribution < 1.29 is 19.1 Å². The number of carbonyl (C=O) groups excluding carboxylic acids is 2. The molecule has 8 heteroatoms. The molecule has 0 heterocycles. The molecule has 0 unspecified atom stereocenters. The number of nitriles is 1. The fraction of sp³-hybridized carbons (Fsp3) is 0.125. The number of nitrogens with two attached hydrogens (primary N) is 1. The van der Waals surface area contributed by atoms with Crippen LogP contribution in [0, 0.1) is 11.3 Å². The fourth-order valence-electron chi connectivity index (χ4n) is 3.14. The van der Waals surface area contributed by atoms with Crippen LogP contribution < -0.4 is 20.5 Å². The third-order valence-corrected chi connectivity index (χ3v) is 4.78. The van der Waals surface area contributed by atoms with Gasteiger partial charge < -0.3 is 15.2 Å². The molecule has 32 heavy (non-hydrogen) atoms. The molecule has 0 aromatic heterocycles. The Labute approximate surface area is 190 Å². The zero-order chi connectivity index (χ0) is 23.1. The third kappa shape index (κ3) is 5.36. The van der Waals surface area contributed by atoms with Gasteiger partial charge in [-0.2, -0.15) is 5.26 Å². The van der Waals surface area contributed by atoms with Crippen LogP contribution in [0.3, 0.4) is 0 Å². The standard InChI is InChI=1S/C24H20ClN3O4/c1-2-31-21-12-15(10-18(13-26)23(29)28-24(27)30)11-20(25)22(21)32-14-17-8-5-7-16-6-3-4-9-19(16)17/h3-12H,2,14H2,1H3,(H3,27,28,29,30)/b18-10-. The topological polar surface area (TPSA) is 114 Å². The molecule has 7 nitrogen and oxygen atoms in total. The Morgan fingerprint density at radius 3 is 2.62 bits per heavy atom. The average Bonchev–Trinajstić information content (AvgIpc) is 2.76. The van der Waals surface area contributed by atoms with Gasteiger partial charge in [-0.1, -0.05) is 54.1 Å². The van der Waals surface area contributed by atoms with Crippen molar-refractivity contribution in [2.45, 2.75) is 13.5 Å². The van der Waals surface area contributed by atoms with E-state index < -0.39 is 11.9 Å². The number of rotatable bonds is 7. The van der Waals surface area contributed by atoms with Gasteiger partial charge >= 0.3 is 6.03 Å². The predicted octanol–water partition coefficient (Wildman–Crippen LogP) is 4.57. The Morgan fingerprint density at radius 2 is 1.91 bits per heavy atom. The molecule has 162 valence electrons. The van der Waals surface area contributed by atoms with Crippen LogP contribution in [0.15, 0.2) is 60.2 Å². The summed E-state index contributed by atoms with van der Waals surface area (Å²) in [4.78, 5) is 22.8. The average molecular weight is 450 g/mol. The third-order valence-electron chi connectivity index (χ3n) is 4.50. The molecule has 0 atom stereocenters. The molecule has 0 aliphatic rings.